The molecule has 1 amide bonds. The Morgan fingerprint density at radius 3 is 2.67 bits per heavy atom. The summed E-state index contributed by atoms with van der Waals surface area (Å²) < 4.78 is 42.4. The number of methoxy groups -OCH3 is 1. The third kappa shape index (κ3) is 3.16. The Morgan fingerprint density at radius 2 is 2.19 bits per heavy atom. The summed E-state index contributed by atoms with van der Waals surface area (Å²) in [4.78, 5) is 27.5. The van der Waals surface area contributed by atoms with Crippen molar-refractivity contribution in [2.45, 2.75) is 24.7 Å². The number of hydrogen-bond donors (Lipinski definition) is 1. The lowest BCUT2D eigenvalue weighted by atomic mass is 10.2. The quantitative estimate of drug-likeness (QED) is 0.911. The van der Waals surface area contributed by atoms with Gasteiger partial charge in [-0.25, -0.2) is 9.78 Å². The maximum absolute atomic E-state index is 12.5. The molecule has 21 heavy (non-hydrogen) atoms. The van der Waals surface area contributed by atoms with Crippen molar-refractivity contribution in [3.05, 3.63) is 16.1 Å². The second kappa shape index (κ2) is 5.60. The minimum absolute atomic E-state index is 0.00514. The molecule has 1 fully saturated rings. The molecular weight excluding hydrogens is 313 g/mol. The molecule has 116 valence electrons. The van der Waals surface area contributed by atoms with Crippen LogP contribution >= 0.6 is 11.3 Å². The van der Waals surface area contributed by atoms with Crippen molar-refractivity contribution in [1.29, 1.82) is 0 Å². The second-order valence-corrected chi connectivity index (χ2v) is 5.30. The van der Waals surface area contributed by atoms with E-state index < -0.39 is 40.9 Å². The van der Waals surface area contributed by atoms with E-state index in [4.69, 9.17) is 9.84 Å². The lowest BCUT2D eigenvalue weighted by Gasteiger charge is -2.19. The zero-order valence-corrected chi connectivity index (χ0v) is 11.6. The normalized spacial score (nSPS) is 22.6. The summed E-state index contributed by atoms with van der Waals surface area (Å²) in [5.41, 5.74) is -0.407. The van der Waals surface area contributed by atoms with Crippen LogP contribution in [0.2, 0.25) is 0 Å². The average molecular weight is 324 g/mol. The first kappa shape index (κ1) is 15.7. The number of carboxylic acids is 1. The second-order valence-electron chi connectivity index (χ2n) is 4.44. The van der Waals surface area contributed by atoms with Crippen molar-refractivity contribution < 1.29 is 32.6 Å². The summed E-state index contributed by atoms with van der Waals surface area (Å²) in [6, 6.07) is -1.13. The number of alkyl halides is 3. The van der Waals surface area contributed by atoms with Crippen molar-refractivity contribution in [1.82, 2.24) is 9.88 Å². The van der Waals surface area contributed by atoms with Gasteiger partial charge in [0.25, 0.3) is 5.91 Å². The van der Waals surface area contributed by atoms with Gasteiger partial charge in [-0.05, 0) is 0 Å². The summed E-state index contributed by atoms with van der Waals surface area (Å²) in [7, 11) is 1.38. The molecule has 0 aromatic carbocycles. The standard InChI is InChI=1S/C11H11F3N2O4S/c1-20-5-2-7(9(18)19)16(3-5)8(17)6-4-21-10(15-6)11(12,13)14/h4-5,7H,2-3H2,1H3,(H,18,19). The van der Waals surface area contributed by atoms with Crippen molar-refractivity contribution in [3.63, 3.8) is 0 Å². The van der Waals surface area contributed by atoms with Gasteiger partial charge in [0.1, 0.15) is 11.7 Å². The number of hydrogen-bond acceptors (Lipinski definition) is 5. The fourth-order valence-corrected chi connectivity index (χ4v) is 2.74. The van der Waals surface area contributed by atoms with Gasteiger partial charge in [-0.2, -0.15) is 13.2 Å². The number of thiazole rings is 1. The third-order valence-electron chi connectivity index (χ3n) is 3.11. The van der Waals surface area contributed by atoms with Crippen LogP contribution in [0.1, 0.15) is 21.9 Å². The molecule has 6 nitrogen and oxygen atoms in total. The van der Waals surface area contributed by atoms with Crippen LogP contribution in [0, 0.1) is 0 Å². The third-order valence-corrected chi connectivity index (χ3v) is 3.99. The number of carbonyl (C=O) groups excluding carboxylic acids is 1. The number of rotatable bonds is 3. The fourth-order valence-electron chi connectivity index (χ4n) is 2.08. The number of amides is 1. The molecule has 2 rings (SSSR count). The van der Waals surface area contributed by atoms with Gasteiger partial charge in [0.05, 0.1) is 6.10 Å². The van der Waals surface area contributed by atoms with Crippen LogP contribution < -0.4 is 0 Å². The van der Waals surface area contributed by atoms with E-state index in [9.17, 15) is 22.8 Å². The predicted molar refractivity (Wildman–Crippen MR) is 65.0 cm³/mol. The highest BCUT2D eigenvalue weighted by Gasteiger charge is 2.42. The maximum atomic E-state index is 12.5. The van der Waals surface area contributed by atoms with Crippen LogP contribution in [0.3, 0.4) is 0 Å². The van der Waals surface area contributed by atoms with Crippen LogP contribution in [0.25, 0.3) is 0 Å². The first-order valence-electron chi connectivity index (χ1n) is 5.83. The Kier molecular flexibility index (Phi) is 4.19. The Labute approximate surface area is 121 Å². The molecule has 10 heteroatoms. The Hall–Kier alpha value is -1.68. The predicted octanol–water partition coefficient (Wildman–Crippen LogP) is 1.48. The molecule has 0 spiro atoms. The molecule has 0 aliphatic carbocycles. The number of halogens is 3. The summed E-state index contributed by atoms with van der Waals surface area (Å²) >= 11 is 0.297. The molecule has 1 N–H and O–H groups in total. The van der Waals surface area contributed by atoms with Crippen molar-refractivity contribution in [2.75, 3.05) is 13.7 Å². The largest absolute Gasteiger partial charge is 0.480 e. The van der Waals surface area contributed by atoms with Gasteiger partial charge < -0.3 is 14.7 Å². The van der Waals surface area contributed by atoms with Gasteiger partial charge >= 0.3 is 12.1 Å². The molecule has 0 radical (unpaired) electrons. The van der Waals surface area contributed by atoms with E-state index in [-0.39, 0.29) is 13.0 Å². The van der Waals surface area contributed by atoms with Crippen molar-refractivity contribution in [3.8, 4) is 0 Å². The Bertz CT molecular complexity index is 560. The average Bonchev–Trinajstić information content (AvgIpc) is 3.04. The van der Waals surface area contributed by atoms with E-state index in [1.54, 1.807) is 0 Å². The van der Waals surface area contributed by atoms with Gasteiger partial charge in [-0.15, -0.1) is 11.3 Å². The highest BCUT2D eigenvalue weighted by molar-refractivity contribution is 7.09. The molecule has 1 aromatic heterocycles. The Balaban J connectivity index is 2.22. The number of carbonyl (C=O) groups is 2. The van der Waals surface area contributed by atoms with Crippen molar-refractivity contribution in [2.24, 2.45) is 0 Å². The Morgan fingerprint density at radius 1 is 1.52 bits per heavy atom. The van der Waals surface area contributed by atoms with E-state index >= 15 is 0 Å². The summed E-state index contributed by atoms with van der Waals surface area (Å²) in [6.45, 7) is 0.00514. The first-order valence-corrected chi connectivity index (χ1v) is 6.71. The number of likely N-dealkylation sites (tertiary alicyclic amines) is 1. The van der Waals surface area contributed by atoms with E-state index in [0.29, 0.717) is 11.3 Å². The van der Waals surface area contributed by atoms with Gasteiger partial charge in [0.15, 0.2) is 5.01 Å². The van der Waals surface area contributed by atoms with Gasteiger partial charge in [0.2, 0.25) is 0 Å². The molecule has 2 atom stereocenters. The van der Waals surface area contributed by atoms with Crippen LogP contribution in [0.4, 0.5) is 13.2 Å². The van der Waals surface area contributed by atoms with Crippen LogP contribution in [0.15, 0.2) is 5.38 Å². The summed E-state index contributed by atoms with van der Waals surface area (Å²) in [5, 5.41) is 8.92. The highest BCUT2D eigenvalue weighted by atomic mass is 32.1. The molecule has 1 aliphatic rings. The molecule has 1 aliphatic heterocycles. The van der Waals surface area contributed by atoms with Crippen LogP contribution in [0.5, 0.6) is 0 Å². The SMILES string of the molecule is COC1CC(C(=O)O)N(C(=O)c2csc(C(F)(F)F)n2)C1. The number of aromatic nitrogens is 1. The smallest absolute Gasteiger partial charge is 0.443 e. The lowest BCUT2D eigenvalue weighted by molar-refractivity contribution is -0.141. The topological polar surface area (TPSA) is 79.7 Å². The minimum atomic E-state index is -4.63. The highest BCUT2D eigenvalue weighted by Crippen LogP contribution is 2.32. The summed E-state index contributed by atoms with van der Waals surface area (Å²) in [5.74, 6) is -2.07. The molecule has 1 aromatic rings. The molecule has 0 saturated carbocycles. The maximum Gasteiger partial charge on any atom is 0.443 e. The lowest BCUT2D eigenvalue weighted by Crippen LogP contribution is -2.40. The fraction of sp³-hybridized carbons (Fsp3) is 0.545. The van der Waals surface area contributed by atoms with E-state index in [1.165, 1.54) is 7.11 Å². The number of nitrogens with zero attached hydrogens (tertiary/aromatic N) is 2. The molecule has 1 saturated heterocycles. The summed E-state index contributed by atoms with van der Waals surface area (Å²) in [6.07, 6.45) is -5.00. The molecule has 2 heterocycles. The van der Waals surface area contributed by atoms with E-state index in [2.05, 4.69) is 4.98 Å². The molecule has 0 bridgehead atoms. The molecule has 2 unspecified atom stereocenters. The van der Waals surface area contributed by atoms with Crippen molar-refractivity contribution >= 4 is 23.2 Å². The van der Waals surface area contributed by atoms with E-state index in [1.807, 2.05) is 0 Å². The van der Waals surface area contributed by atoms with E-state index in [0.717, 1.165) is 10.3 Å². The van der Waals surface area contributed by atoms with Crippen LogP contribution in [-0.2, 0) is 15.7 Å². The minimum Gasteiger partial charge on any atom is -0.480 e. The molecular formula is C11H11F3N2O4S. The van der Waals surface area contributed by atoms with Crippen LogP contribution in [-0.4, -0.2) is 52.7 Å². The number of aliphatic carboxylic acids is 1. The monoisotopic (exact) mass is 324 g/mol. The zero-order chi connectivity index (χ0) is 15.8. The number of carboxylic acid groups (broad SMARTS) is 1. The first-order chi connectivity index (χ1) is 9.74. The van der Waals surface area contributed by atoms with Gasteiger partial charge in [0, 0.05) is 25.5 Å². The van der Waals surface area contributed by atoms with Gasteiger partial charge in [-0.3, -0.25) is 4.79 Å². The van der Waals surface area contributed by atoms with Gasteiger partial charge in [-0.1, -0.05) is 0 Å². The number of ether oxygens (including phenoxy) is 1. The zero-order valence-electron chi connectivity index (χ0n) is 10.8.